The molecule has 3 rings (SSSR count). The molecule has 3 aromatic carbocycles. The lowest BCUT2D eigenvalue weighted by atomic mass is 10.2. The highest BCUT2D eigenvalue weighted by Crippen LogP contribution is 2.18. The second kappa shape index (κ2) is 9.61. The minimum absolute atomic E-state index is 0.201. The predicted molar refractivity (Wildman–Crippen MR) is 119 cm³/mol. The van der Waals surface area contributed by atoms with Crippen molar-refractivity contribution in [3.63, 3.8) is 0 Å². The molecule has 0 aliphatic heterocycles. The Labute approximate surface area is 174 Å². The van der Waals surface area contributed by atoms with Crippen molar-refractivity contribution in [2.24, 2.45) is 0 Å². The van der Waals surface area contributed by atoms with Crippen molar-refractivity contribution < 1.29 is 9.59 Å². The molecule has 0 spiro atoms. The van der Waals surface area contributed by atoms with Gasteiger partial charge in [0.25, 0.3) is 0 Å². The molecular weight excluding hydrogens is 388 g/mol. The van der Waals surface area contributed by atoms with Crippen LogP contribution < -0.4 is 21.3 Å². The number of amides is 3. The minimum atomic E-state index is -0.498. The van der Waals surface area contributed by atoms with Gasteiger partial charge in [0.1, 0.15) is 6.04 Å². The zero-order valence-corrected chi connectivity index (χ0v) is 16.5. The molecule has 0 unspecified atom stereocenters. The van der Waals surface area contributed by atoms with Crippen LogP contribution >= 0.6 is 11.6 Å². The van der Waals surface area contributed by atoms with Crippen LogP contribution in [0, 0.1) is 0 Å². The predicted octanol–water partition coefficient (Wildman–Crippen LogP) is 5.42. The molecular formula is C22H21ClN4O2. The number of urea groups is 1. The lowest BCUT2D eigenvalue weighted by molar-refractivity contribution is -0.116. The van der Waals surface area contributed by atoms with Gasteiger partial charge in [-0.25, -0.2) is 4.79 Å². The number of anilines is 4. The number of rotatable bonds is 6. The van der Waals surface area contributed by atoms with E-state index in [1.165, 1.54) is 0 Å². The van der Waals surface area contributed by atoms with Crippen molar-refractivity contribution in [3.05, 3.63) is 83.9 Å². The number of carbonyl (C=O) groups excluding carboxylic acids is 2. The quantitative estimate of drug-likeness (QED) is 0.439. The Kier molecular flexibility index (Phi) is 6.71. The van der Waals surface area contributed by atoms with Gasteiger partial charge in [0, 0.05) is 27.8 Å². The Hall–Kier alpha value is -3.51. The van der Waals surface area contributed by atoms with Gasteiger partial charge in [-0.2, -0.15) is 0 Å². The maximum Gasteiger partial charge on any atom is 0.323 e. The summed E-state index contributed by atoms with van der Waals surface area (Å²) in [5.41, 5.74) is 2.64. The van der Waals surface area contributed by atoms with Crippen molar-refractivity contribution in [1.82, 2.24) is 0 Å². The molecule has 148 valence electrons. The summed E-state index contributed by atoms with van der Waals surface area (Å²) in [4.78, 5) is 24.5. The van der Waals surface area contributed by atoms with E-state index in [1.807, 2.05) is 24.3 Å². The van der Waals surface area contributed by atoms with E-state index in [2.05, 4.69) is 21.3 Å². The molecule has 0 aliphatic carbocycles. The molecule has 0 radical (unpaired) electrons. The first kappa shape index (κ1) is 20.2. The third-order valence-corrected chi connectivity index (χ3v) is 4.26. The van der Waals surface area contributed by atoms with Crippen LogP contribution in [-0.2, 0) is 4.79 Å². The molecule has 6 nitrogen and oxygen atoms in total. The highest BCUT2D eigenvalue weighted by atomic mass is 35.5. The maximum absolute atomic E-state index is 12.4. The number of halogens is 1. The van der Waals surface area contributed by atoms with E-state index < -0.39 is 6.04 Å². The Balaban J connectivity index is 1.57. The molecule has 0 saturated carbocycles. The van der Waals surface area contributed by atoms with Crippen LogP contribution in [0.2, 0.25) is 5.02 Å². The molecule has 7 heteroatoms. The molecule has 0 aromatic heterocycles. The van der Waals surface area contributed by atoms with Crippen LogP contribution in [0.1, 0.15) is 6.92 Å². The van der Waals surface area contributed by atoms with Crippen molar-refractivity contribution in [2.75, 3.05) is 21.3 Å². The van der Waals surface area contributed by atoms with Gasteiger partial charge in [0.15, 0.2) is 0 Å². The van der Waals surface area contributed by atoms with Gasteiger partial charge in [0.05, 0.1) is 0 Å². The highest BCUT2D eigenvalue weighted by Gasteiger charge is 2.13. The fourth-order valence-electron chi connectivity index (χ4n) is 2.63. The van der Waals surface area contributed by atoms with Gasteiger partial charge in [-0.15, -0.1) is 0 Å². The monoisotopic (exact) mass is 408 g/mol. The molecule has 0 bridgehead atoms. The number of carbonyl (C=O) groups is 2. The van der Waals surface area contributed by atoms with Crippen molar-refractivity contribution in [1.29, 1.82) is 0 Å². The number of benzene rings is 3. The largest absolute Gasteiger partial charge is 0.374 e. The summed E-state index contributed by atoms with van der Waals surface area (Å²) in [6, 6.07) is 22.4. The van der Waals surface area contributed by atoms with Crippen molar-refractivity contribution in [3.8, 4) is 0 Å². The van der Waals surface area contributed by atoms with Crippen LogP contribution in [0.4, 0.5) is 27.5 Å². The van der Waals surface area contributed by atoms with Gasteiger partial charge in [-0.3, -0.25) is 4.79 Å². The van der Waals surface area contributed by atoms with Crippen molar-refractivity contribution in [2.45, 2.75) is 13.0 Å². The van der Waals surface area contributed by atoms with Gasteiger partial charge in [-0.1, -0.05) is 41.9 Å². The standard InChI is InChI=1S/C22H21ClN4O2/c1-15(21(28)25-18-10-5-7-16(23)13-18)24-19-11-6-12-20(14-19)27-22(29)26-17-8-3-2-4-9-17/h2-15,24H,1H3,(H,25,28)(H2,26,27,29)/t15-/m1/s1. The lowest BCUT2D eigenvalue weighted by Gasteiger charge is -2.16. The topological polar surface area (TPSA) is 82.3 Å². The Bertz CT molecular complexity index is 995. The summed E-state index contributed by atoms with van der Waals surface area (Å²) in [6.07, 6.45) is 0. The van der Waals surface area contributed by atoms with Crippen molar-refractivity contribution >= 4 is 46.3 Å². The normalized spacial score (nSPS) is 11.2. The molecule has 29 heavy (non-hydrogen) atoms. The van der Waals surface area contributed by atoms with E-state index >= 15 is 0 Å². The molecule has 0 aliphatic rings. The summed E-state index contributed by atoms with van der Waals surface area (Å²) in [7, 11) is 0. The summed E-state index contributed by atoms with van der Waals surface area (Å²) in [6.45, 7) is 1.75. The number of hydrogen-bond acceptors (Lipinski definition) is 3. The SMILES string of the molecule is C[C@@H](Nc1cccc(NC(=O)Nc2ccccc2)c1)C(=O)Nc1cccc(Cl)c1. The van der Waals surface area contributed by atoms with Gasteiger partial charge >= 0.3 is 6.03 Å². The minimum Gasteiger partial charge on any atom is -0.374 e. The second-order valence-corrected chi connectivity index (χ2v) is 6.83. The molecule has 3 aromatic rings. The Morgan fingerprint density at radius 3 is 2.03 bits per heavy atom. The maximum atomic E-state index is 12.4. The van der Waals surface area contributed by atoms with E-state index in [0.29, 0.717) is 27.8 Å². The molecule has 0 heterocycles. The first-order valence-electron chi connectivity index (χ1n) is 9.06. The average molecular weight is 409 g/mol. The van der Waals surface area contributed by atoms with Gasteiger partial charge in [-0.05, 0) is 55.5 Å². The first-order chi connectivity index (χ1) is 14.0. The van der Waals surface area contributed by atoms with Crippen LogP contribution in [0.15, 0.2) is 78.9 Å². The zero-order chi connectivity index (χ0) is 20.6. The van der Waals surface area contributed by atoms with E-state index in [4.69, 9.17) is 11.6 Å². The van der Waals surface area contributed by atoms with E-state index in [9.17, 15) is 9.59 Å². The Morgan fingerprint density at radius 1 is 0.724 bits per heavy atom. The van der Waals surface area contributed by atoms with Gasteiger partial charge < -0.3 is 21.3 Å². The number of hydrogen-bond donors (Lipinski definition) is 4. The highest BCUT2D eigenvalue weighted by molar-refractivity contribution is 6.30. The van der Waals surface area contributed by atoms with Gasteiger partial charge in [0.2, 0.25) is 5.91 Å². The number of nitrogens with one attached hydrogen (secondary N) is 4. The molecule has 4 N–H and O–H groups in total. The van der Waals surface area contributed by atoms with Crippen LogP contribution in [-0.4, -0.2) is 18.0 Å². The summed E-state index contributed by atoms with van der Waals surface area (Å²) >= 11 is 5.94. The fraction of sp³-hybridized carbons (Fsp3) is 0.0909. The zero-order valence-electron chi connectivity index (χ0n) is 15.8. The van der Waals surface area contributed by atoms with Crippen LogP contribution in [0.25, 0.3) is 0 Å². The molecule has 0 saturated heterocycles. The smallest absolute Gasteiger partial charge is 0.323 e. The molecule has 3 amide bonds. The number of para-hydroxylation sites is 1. The lowest BCUT2D eigenvalue weighted by Crippen LogP contribution is -2.31. The third kappa shape index (κ3) is 6.26. The summed E-state index contributed by atoms with van der Waals surface area (Å²) in [5.74, 6) is -0.201. The summed E-state index contributed by atoms with van der Waals surface area (Å²) in [5, 5.41) is 12.0. The van der Waals surface area contributed by atoms with Crippen LogP contribution in [0.5, 0.6) is 0 Å². The van der Waals surface area contributed by atoms with E-state index in [-0.39, 0.29) is 11.9 Å². The summed E-state index contributed by atoms with van der Waals surface area (Å²) < 4.78 is 0. The average Bonchev–Trinajstić information content (AvgIpc) is 2.69. The third-order valence-electron chi connectivity index (χ3n) is 4.02. The second-order valence-electron chi connectivity index (χ2n) is 6.39. The van der Waals surface area contributed by atoms with E-state index in [0.717, 1.165) is 0 Å². The molecule has 1 atom stereocenters. The fourth-order valence-corrected chi connectivity index (χ4v) is 2.82. The molecule has 0 fully saturated rings. The van der Waals surface area contributed by atoms with E-state index in [1.54, 1.807) is 61.5 Å². The first-order valence-corrected chi connectivity index (χ1v) is 9.43. The van der Waals surface area contributed by atoms with Crippen LogP contribution in [0.3, 0.4) is 0 Å². The Morgan fingerprint density at radius 2 is 1.31 bits per heavy atom.